The van der Waals surface area contributed by atoms with Crippen molar-refractivity contribution in [1.82, 2.24) is 9.29 Å². The highest BCUT2D eigenvalue weighted by atomic mass is 32.2. The van der Waals surface area contributed by atoms with Crippen LogP contribution in [0.15, 0.2) is 4.90 Å². The monoisotopic (exact) mass is 318 g/mol. The van der Waals surface area contributed by atoms with Gasteiger partial charge in [-0.1, -0.05) is 0 Å². The van der Waals surface area contributed by atoms with Crippen LogP contribution in [0.4, 0.5) is 0 Å². The van der Waals surface area contributed by atoms with Gasteiger partial charge in [-0.05, 0) is 27.7 Å². The molecule has 1 heterocycles. The second kappa shape index (κ2) is 6.59. The molecule has 0 amide bonds. The van der Waals surface area contributed by atoms with Crippen LogP contribution in [0.3, 0.4) is 0 Å². The highest BCUT2D eigenvalue weighted by Gasteiger charge is 2.32. The quantitative estimate of drug-likeness (QED) is 0.756. The van der Waals surface area contributed by atoms with Crippen LogP contribution in [0.2, 0.25) is 0 Å². The van der Waals surface area contributed by atoms with Gasteiger partial charge in [-0.2, -0.15) is 4.31 Å². The summed E-state index contributed by atoms with van der Waals surface area (Å²) in [4.78, 5) is 14.6. The Morgan fingerprint density at radius 3 is 2.48 bits per heavy atom. The number of hydrogen-bond acceptors (Lipinski definition) is 5. The lowest BCUT2D eigenvalue weighted by Crippen LogP contribution is -2.37. The fourth-order valence-corrected chi connectivity index (χ4v) is 3.78. The van der Waals surface area contributed by atoms with Crippen LogP contribution in [0.25, 0.3) is 0 Å². The van der Waals surface area contributed by atoms with Gasteiger partial charge in [0.15, 0.2) is 0 Å². The molecule has 21 heavy (non-hydrogen) atoms. The zero-order valence-electron chi connectivity index (χ0n) is 12.9. The average Bonchev–Trinajstić information content (AvgIpc) is 2.72. The van der Waals surface area contributed by atoms with E-state index in [4.69, 9.17) is 9.84 Å². The summed E-state index contributed by atoms with van der Waals surface area (Å²) in [6, 6.07) is -0.560. The molecule has 1 rings (SSSR count). The maximum absolute atomic E-state index is 12.6. The molecule has 1 aromatic rings. The summed E-state index contributed by atoms with van der Waals surface area (Å²) in [6.45, 7) is 6.33. The van der Waals surface area contributed by atoms with Crippen LogP contribution in [-0.2, 0) is 14.8 Å². The van der Waals surface area contributed by atoms with Crippen molar-refractivity contribution in [3.8, 4) is 0 Å². The molecule has 0 aliphatic heterocycles. The number of likely N-dealkylation sites (N-methyl/N-ethyl adjacent to an activating group) is 1. The van der Waals surface area contributed by atoms with Gasteiger partial charge in [-0.25, -0.2) is 13.2 Å². The Balaban J connectivity index is 3.35. The highest BCUT2D eigenvalue weighted by Crippen LogP contribution is 2.27. The van der Waals surface area contributed by atoms with Gasteiger partial charge < -0.3 is 14.8 Å². The van der Waals surface area contributed by atoms with Gasteiger partial charge in [-0.15, -0.1) is 0 Å². The number of carbonyl (C=O) groups excluding carboxylic acids is 1. The van der Waals surface area contributed by atoms with Crippen molar-refractivity contribution in [3.05, 3.63) is 17.0 Å². The van der Waals surface area contributed by atoms with Crippen molar-refractivity contribution in [2.75, 3.05) is 20.3 Å². The lowest BCUT2D eigenvalue weighted by Gasteiger charge is -2.22. The lowest BCUT2D eigenvalue weighted by molar-refractivity contribution is 0.0519. The fraction of sp³-hybridized carbons (Fsp3) is 0.615. The number of carbonyl (C=O) groups is 1. The number of esters is 1. The molecule has 7 nitrogen and oxygen atoms in total. The zero-order valence-corrected chi connectivity index (χ0v) is 13.7. The van der Waals surface area contributed by atoms with Gasteiger partial charge in [0.1, 0.15) is 10.6 Å². The van der Waals surface area contributed by atoms with E-state index in [2.05, 4.69) is 4.98 Å². The smallest absolute Gasteiger partial charge is 0.355 e. The summed E-state index contributed by atoms with van der Waals surface area (Å²) in [6.07, 6.45) is 0. The Morgan fingerprint density at radius 1 is 1.43 bits per heavy atom. The summed E-state index contributed by atoms with van der Waals surface area (Å²) in [5, 5.41) is 9.13. The Labute approximate surface area is 125 Å². The summed E-state index contributed by atoms with van der Waals surface area (Å²) >= 11 is 0. The molecule has 0 radical (unpaired) electrons. The zero-order chi connectivity index (χ0) is 16.4. The molecule has 0 aliphatic rings. The van der Waals surface area contributed by atoms with Crippen LogP contribution in [0.5, 0.6) is 0 Å². The van der Waals surface area contributed by atoms with Crippen LogP contribution < -0.4 is 0 Å². The van der Waals surface area contributed by atoms with Gasteiger partial charge in [-0.3, -0.25) is 0 Å². The second-order valence-corrected chi connectivity index (χ2v) is 6.79. The molecule has 120 valence electrons. The third-order valence-electron chi connectivity index (χ3n) is 3.37. The Kier molecular flexibility index (Phi) is 5.54. The van der Waals surface area contributed by atoms with Crippen LogP contribution >= 0.6 is 0 Å². The van der Waals surface area contributed by atoms with Crippen molar-refractivity contribution in [2.24, 2.45) is 0 Å². The molecule has 0 saturated carbocycles. The van der Waals surface area contributed by atoms with Crippen molar-refractivity contribution >= 4 is 16.0 Å². The summed E-state index contributed by atoms with van der Waals surface area (Å²) in [7, 11) is -2.41. The van der Waals surface area contributed by atoms with Crippen molar-refractivity contribution in [1.29, 1.82) is 0 Å². The normalized spacial score (nSPS) is 13.5. The number of aromatic nitrogens is 1. The molecular weight excluding hydrogens is 296 g/mol. The van der Waals surface area contributed by atoms with E-state index in [0.717, 1.165) is 4.31 Å². The number of ether oxygens (including phenoxy) is 1. The lowest BCUT2D eigenvalue weighted by atomic mass is 10.2. The maximum Gasteiger partial charge on any atom is 0.355 e. The molecule has 0 bridgehead atoms. The van der Waals surface area contributed by atoms with Crippen molar-refractivity contribution in [3.63, 3.8) is 0 Å². The van der Waals surface area contributed by atoms with Crippen LogP contribution in [0, 0.1) is 13.8 Å². The first-order chi connectivity index (χ1) is 9.68. The number of H-pyrrole nitrogens is 1. The minimum Gasteiger partial charge on any atom is -0.461 e. The number of nitrogens with zero attached hydrogens (tertiary/aromatic N) is 1. The average molecular weight is 318 g/mol. The summed E-state index contributed by atoms with van der Waals surface area (Å²) in [5.74, 6) is -0.586. The van der Waals surface area contributed by atoms with Gasteiger partial charge in [0.25, 0.3) is 0 Å². The largest absolute Gasteiger partial charge is 0.461 e. The Morgan fingerprint density at radius 2 is 2.00 bits per heavy atom. The van der Waals surface area contributed by atoms with Gasteiger partial charge >= 0.3 is 5.97 Å². The molecule has 1 unspecified atom stereocenters. The molecular formula is C13H22N2O5S. The number of aromatic amines is 1. The molecule has 2 N–H and O–H groups in total. The highest BCUT2D eigenvalue weighted by molar-refractivity contribution is 7.89. The SMILES string of the molecule is CCOC(=O)c1[nH]c(C)c(S(=O)(=O)N(C)C(C)CO)c1C. The molecule has 8 heteroatoms. The number of hydrogen-bond donors (Lipinski definition) is 2. The van der Waals surface area contributed by atoms with Gasteiger partial charge in [0, 0.05) is 24.3 Å². The third kappa shape index (κ3) is 3.28. The van der Waals surface area contributed by atoms with E-state index in [9.17, 15) is 13.2 Å². The molecule has 0 spiro atoms. The maximum atomic E-state index is 12.6. The fourth-order valence-electron chi connectivity index (χ4n) is 2.02. The summed E-state index contributed by atoms with van der Waals surface area (Å²) in [5.41, 5.74) is 0.827. The first-order valence-corrected chi connectivity index (χ1v) is 8.07. The third-order valence-corrected chi connectivity index (χ3v) is 5.62. The summed E-state index contributed by atoms with van der Waals surface area (Å²) < 4.78 is 31.2. The molecule has 1 aromatic heterocycles. The van der Waals surface area contributed by atoms with E-state index in [1.807, 2.05) is 0 Å². The predicted octanol–water partition coefficient (Wildman–Crippen LogP) is 0.810. The number of aryl methyl sites for hydroxylation is 1. The minimum absolute atomic E-state index is 0.0494. The predicted molar refractivity (Wildman–Crippen MR) is 77.7 cm³/mol. The van der Waals surface area contributed by atoms with Gasteiger partial charge in [0.2, 0.25) is 10.0 Å². The van der Waals surface area contributed by atoms with E-state index in [1.165, 1.54) is 7.05 Å². The molecule has 1 atom stereocenters. The Hall–Kier alpha value is -1.38. The topological polar surface area (TPSA) is 99.7 Å². The van der Waals surface area contributed by atoms with Crippen LogP contribution in [-0.4, -0.2) is 55.1 Å². The number of aliphatic hydroxyl groups is 1. The van der Waals surface area contributed by atoms with Crippen molar-refractivity contribution in [2.45, 2.75) is 38.6 Å². The Bertz CT molecular complexity index is 621. The van der Waals surface area contributed by atoms with E-state index in [1.54, 1.807) is 27.7 Å². The van der Waals surface area contributed by atoms with Crippen molar-refractivity contribution < 1.29 is 23.1 Å². The number of sulfonamides is 1. The van der Waals surface area contributed by atoms with E-state index < -0.39 is 22.0 Å². The standard InChI is InChI=1S/C13H22N2O5S/c1-6-20-13(17)11-9(3)12(10(4)14-11)21(18,19)15(5)8(2)7-16/h8,14,16H,6-7H2,1-5H3. The van der Waals surface area contributed by atoms with E-state index in [-0.39, 0.29) is 23.8 Å². The first-order valence-electron chi connectivity index (χ1n) is 6.63. The molecule has 0 aromatic carbocycles. The second-order valence-electron chi connectivity index (χ2n) is 4.85. The minimum atomic E-state index is -3.80. The molecule has 0 aliphatic carbocycles. The molecule has 0 fully saturated rings. The van der Waals surface area contributed by atoms with Gasteiger partial charge in [0.05, 0.1) is 13.2 Å². The first kappa shape index (κ1) is 17.7. The number of nitrogens with one attached hydrogen (secondary N) is 1. The van der Waals surface area contributed by atoms with Crippen LogP contribution in [0.1, 0.15) is 35.6 Å². The molecule has 0 saturated heterocycles. The van der Waals surface area contributed by atoms with E-state index >= 15 is 0 Å². The number of rotatable bonds is 6. The van der Waals surface area contributed by atoms with E-state index in [0.29, 0.717) is 11.3 Å². The number of aliphatic hydroxyl groups excluding tert-OH is 1.